The first-order valence-electron chi connectivity index (χ1n) is 19.6. The zero-order valence-electron chi connectivity index (χ0n) is 33.1. The monoisotopic (exact) mass is 826 g/mol. The smallest absolute Gasteiger partial charge is 0.193 e. The van der Waals surface area contributed by atoms with Gasteiger partial charge in [0.15, 0.2) is 5.78 Å². The van der Waals surface area contributed by atoms with E-state index in [0.29, 0.717) is 61.3 Å². The highest BCUT2D eigenvalue weighted by Gasteiger charge is 2.46. The molecule has 8 aromatic rings. The molecule has 62 heavy (non-hydrogen) atoms. The number of rotatable bonds is 12. The highest BCUT2D eigenvalue weighted by Crippen LogP contribution is 2.56. The summed E-state index contributed by atoms with van der Waals surface area (Å²) in [5, 5.41) is 32.5. The zero-order chi connectivity index (χ0) is 42.6. The molecular weight excluding hydrogens is 793 g/mol. The number of nitriles is 2. The summed E-state index contributed by atoms with van der Waals surface area (Å²) in [6.07, 6.45) is 0. The summed E-state index contributed by atoms with van der Waals surface area (Å²) in [5.74, 6) is 1.82. The second-order valence-corrected chi connectivity index (χ2v) is 15.4. The number of fused-ring (bicyclic) bond motifs is 3. The van der Waals surface area contributed by atoms with E-state index in [0.717, 1.165) is 51.0 Å². The highest BCUT2D eigenvalue weighted by atomic mass is 32.2. The summed E-state index contributed by atoms with van der Waals surface area (Å²) in [5.41, 5.74) is 9.79. The lowest BCUT2D eigenvalue weighted by molar-refractivity contribution is -0.432. The van der Waals surface area contributed by atoms with Crippen LogP contribution in [0, 0.1) is 29.6 Å². The number of ether oxygens (including phenoxy) is 2. The van der Waals surface area contributed by atoms with Crippen LogP contribution in [0.3, 0.4) is 0 Å². The normalized spacial score (nSPS) is 12.1. The molecule has 0 heterocycles. The van der Waals surface area contributed by atoms with E-state index in [1.54, 1.807) is 54.6 Å². The summed E-state index contributed by atoms with van der Waals surface area (Å²) in [4.78, 5) is 14.1. The summed E-state index contributed by atoms with van der Waals surface area (Å²) in [6, 6.07) is 62.5. The van der Waals surface area contributed by atoms with Crippen molar-refractivity contribution in [3.8, 4) is 57.4 Å². The number of benzene rings is 8. The van der Waals surface area contributed by atoms with Crippen molar-refractivity contribution in [1.82, 2.24) is 0 Å². The molecule has 0 aromatic heterocycles. The quantitative estimate of drug-likeness (QED) is 0.0555. The van der Waals surface area contributed by atoms with E-state index in [1.165, 1.54) is 0 Å². The first kappa shape index (κ1) is 39.7. The molecule has 1 aliphatic rings. The van der Waals surface area contributed by atoms with Crippen LogP contribution in [0.1, 0.15) is 54.9 Å². The SMILES string of the molecule is Cc1cccc(Oc2ccc(C3(c4ccc(Oc5cccc(-c6cccc(C(=O)c7cccc(SOOO)c7)c6)c5C#N)cc4)c4ccccc4-c4ccccc43)cc2)c1C#N. The van der Waals surface area contributed by atoms with Gasteiger partial charge in [-0.2, -0.15) is 10.5 Å². The molecule has 0 atom stereocenters. The second-order valence-electron chi connectivity index (χ2n) is 14.6. The molecule has 0 amide bonds. The Morgan fingerprint density at radius 1 is 0.565 bits per heavy atom. The van der Waals surface area contributed by atoms with E-state index >= 15 is 0 Å². The average molecular weight is 827 g/mol. The number of hydrogen-bond donors (Lipinski definition) is 1. The number of carbonyl (C=O) groups excluding carboxylic acids is 1. The number of ketones is 1. The molecule has 0 saturated carbocycles. The molecule has 8 nitrogen and oxygen atoms in total. The van der Waals surface area contributed by atoms with Crippen LogP contribution in [0.25, 0.3) is 22.3 Å². The Morgan fingerprint density at radius 3 is 1.68 bits per heavy atom. The lowest BCUT2D eigenvalue weighted by Gasteiger charge is -2.34. The minimum Gasteiger partial charge on any atom is -0.456 e. The van der Waals surface area contributed by atoms with Gasteiger partial charge in [0.25, 0.3) is 0 Å². The Balaban J connectivity index is 1.05. The van der Waals surface area contributed by atoms with Gasteiger partial charge >= 0.3 is 0 Å². The number of nitrogens with zero attached hydrogens (tertiary/aromatic N) is 2. The predicted molar refractivity (Wildman–Crippen MR) is 237 cm³/mol. The molecule has 8 aromatic carbocycles. The third kappa shape index (κ3) is 7.18. The van der Waals surface area contributed by atoms with Gasteiger partial charge in [0.2, 0.25) is 0 Å². The first-order valence-corrected chi connectivity index (χ1v) is 20.4. The molecule has 0 fully saturated rings. The van der Waals surface area contributed by atoms with Crippen LogP contribution in [0.5, 0.6) is 23.0 Å². The maximum absolute atomic E-state index is 13.6. The number of aryl methyl sites for hydroxylation is 1. The van der Waals surface area contributed by atoms with Gasteiger partial charge in [-0.1, -0.05) is 132 Å². The third-order valence-corrected chi connectivity index (χ3v) is 11.7. The summed E-state index contributed by atoms with van der Waals surface area (Å²) >= 11 is 0.770. The minimum atomic E-state index is -0.687. The fraction of sp³-hybridized carbons (Fsp3) is 0.0377. The fourth-order valence-electron chi connectivity index (χ4n) is 8.40. The summed E-state index contributed by atoms with van der Waals surface area (Å²) < 4.78 is 17.3. The van der Waals surface area contributed by atoms with Crippen molar-refractivity contribution in [2.24, 2.45) is 0 Å². The van der Waals surface area contributed by atoms with Crippen molar-refractivity contribution >= 4 is 17.8 Å². The van der Waals surface area contributed by atoms with E-state index < -0.39 is 5.41 Å². The number of carbonyl (C=O) groups is 1. The van der Waals surface area contributed by atoms with Gasteiger partial charge in [0.05, 0.1) is 23.0 Å². The van der Waals surface area contributed by atoms with Crippen LogP contribution in [0.4, 0.5) is 0 Å². The summed E-state index contributed by atoms with van der Waals surface area (Å²) in [7, 11) is 0. The standard InChI is InChI=1S/C53H34N2O6S/c1-34-10-6-20-50(46(34)32-54)58-40-26-22-38(23-27-40)53(48-18-4-2-15-44(48)45-16-3-5-19-49(45)53)39-24-28-41(29-25-39)59-51-21-9-17-43(47(51)33-55)35-11-7-12-36(30-35)52(56)37-13-8-14-42(31-37)62-61-60-57/h2-31,57H,1H3. The van der Waals surface area contributed by atoms with Crippen LogP contribution < -0.4 is 9.47 Å². The largest absolute Gasteiger partial charge is 0.456 e. The zero-order valence-corrected chi connectivity index (χ0v) is 33.9. The predicted octanol–water partition coefficient (Wildman–Crippen LogP) is 13.0. The molecule has 298 valence electrons. The van der Waals surface area contributed by atoms with Crippen molar-refractivity contribution in [3.63, 3.8) is 0 Å². The maximum Gasteiger partial charge on any atom is 0.193 e. The lowest BCUT2D eigenvalue weighted by atomic mass is 9.68. The van der Waals surface area contributed by atoms with Gasteiger partial charge in [0.1, 0.15) is 40.7 Å². The van der Waals surface area contributed by atoms with Crippen molar-refractivity contribution in [2.45, 2.75) is 17.2 Å². The Hall–Kier alpha value is -7.76. The fourth-order valence-corrected chi connectivity index (χ4v) is 8.82. The van der Waals surface area contributed by atoms with Gasteiger partial charge in [-0.15, -0.1) is 4.33 Å². The molecule has 9 rings (SSSR count). The molecule has 1 aliphatic carbocycles. The minimum absolute atomic E-state index is 0.226. The van der Waals surface area contributed by atoms with Crippen molar-refractivity contribution in [3.05, 3.63) is 232 Å². The van der Waals surface area contributed by atoms with Gasteiger partial charge in [0, 0.05) is 21.6 Å². The Morgan fingerprint density at radius 2 is 1.08 bits per heavy atom. The molecule has 0 radical (unpaired) electrons. The topological polar surface area (TPSA) is 122 Å². The number of hydrogen-bond acceptors (Lipinski definition) is 9. The Kier molecular flexibility index (Phi) is 10.9. The van der Waals surface area contributed by atoms with Crippen LogP contribution in [0.2, 0.25) is 0 Å². The molecule has 0 saturated heterocycles. The third-order valence-electron chi connectivity index (χ3n) is 11.2. The molecule has 1 N–H and O–H groups in total. The van der Waals surface area contributed by atoms with E-state index in [9.17, 15) is 15.3 Å². The van der Waals surface area contributed by atoms with Crippen LogP contribution >= 0.6 is 12.0 Å². The van der Waals surface area contributed by atoms with Crippen LogP contribution in [0.15, 0.2) is 187 Å². The average Bonchev–Trinajstić information content (AvgIpc) is 3.62. The molecule has 0 unspecified atom stereocenters. The van der Waals surface area contributed by atoms with E-state index in [1.807, 2.05) is 61.5 Å². The van der Waals surface area contributed by atoms with Crippen molar-refractivity contribution < 1.29 is 28.9 Å². The Bertz CT molecular complexity index is 3030. The first-order chi connectivity index (χ1) is 30.4. The van der Waals surface area contributed by atoms with Crippen LogP contribution in [-0.4, -0.2) is 11.0 Å². The second kappa shape index (κ2) is 17.1. The molecule has 0 bridgehead atoms. The van der Waals surface area contributed by atoms with Gasteiger partial charge in [-0.3, -0.25) is 4.79 Å². The van der Waals surface area contributed by atoms with Crippen molar-refractivity contribution in [2.75, 3.05) is 0 Å². The molecular formula is C53H34N2O6S. The van der Waals surface area contributed by atoms with Crippen LogP contribution in [-0.2, 0) is 14.8 Å². The van der Waals surface area contributed by atoms with E-state index in [-0.39, 0.29) is 5.78 Å². The Labute approximate surface area is 362 Å². The molecule has 0 spiro atoms. The maximum atomic E-state index is 13.6. The highest BCUT2D eigenvalue weighted by molar-refractivity contribution is 7.94. The molecule has 9 heteroatoms. The van der Waals surface area contributed by atoms with E-state index in [4.69, 9.17) is 14.7 Å². The lowest BCUT2D eigenvalue weighted by Crippen LogP contribution is -2.28. The summed E-state index contributed by atoms with van der Waals surface area (Å²) in [6.45, 7) is 1.90. The van der Waals surface area contributed by atoms with Crippen molar-refractivity contribution in [1.29, 1.82) is 10.5 Å². The van der Waals surface area contributed by atoms with Gasteiger partial charge in [-0.05, 0) is 106 Å². The van der Waals surface area contributed by atoms with Gasteiger partial charge < -0.3 is 9.47 Å². The van der Waals surface area contributed by atoms with Gasteiger partial charge in [-0.25, -0.2) is 5.26 Å². The van der Waals surface area contributed by atoms with E-state index in [2.05, 4.69) is 94.3 Å². The molecule has 0 aliphatic heterocycles.